The Kier molecular flexibility index (Phi) is 4.08. The van der Waals surface area contributed by atoms with Crippen LogP contribution >= 0.6 is 0 Å². The number of rotatable bonds is 4. The molecule has 1 aromatic carbocycles. The molecule has 0 fully saturated rings. The summed E-state index contributed by atoms with van der Waals surface area (Å²) in [5.41, 5.74) is 18.5. The van der Waals surface area contributed by atoms with Crippen LogP contribution in [0.15, 0.2) is 48.2 Å². The van der Waals surface area contributed by atoms with Crippen LogP contribution in [0.2, 0.25) is 0 Å². The summed E-state index contributed by atoms with van der Waals surface area (Å²) < 4.78 is 0. The fourth-order valence-electron chi connectivity index (χ4n) is 1.85. The van der Waals surface area contributed by atoms with Crippen molar-refractivity contribution in [1.82, 2.24) is 4.98 Å². The van der Waals surface area contributed by atoms with Crippen molar-refractivity contribution in [3.8, 4) is 5.75 Å². The Balaban J connectivity index is 2.14. The van der Waals surface area contributed by atoms with E-state index in [0.29, 0.717) is 12.1 Å². The molecule has 0 bridgehead atoms. The number of carbonyl (C=O) groups excluding carboxylic acids is 1. The van der Waals surface area contributed by atoms with Crippen molar-refractivity contribution < 1.29 is 9.90 Å². The van der Waals surface area contributed by atoms with Gasteiger partial charge >= 0.3 is 0 Å². The number of nitrogen functional groups attached to an aromatic ring is 2. The molecule has 0 radical (unpaired) electrons. The van der Waals surface area contributed by atoms with E-state index in [2.05, 4.69) is 4.98 Å². The molecular formula is C15H16N4O2. The molecule has 0 aliphatic rings. The summed E-state index contributed by atoms with van der Waals surface area (Å²) in [5, 5.41) is 9.21. The smallest absolute Gasteiger partial charge is 0.191 e. The highest BCUT2D eigenvalue weighted by molar-refractivity contribution is 6.08. The summed E-state index contributed by atoms with van der Waals surface area (Å²) >= 11 is 0. The molecule has 2 aromatic rings. The van der Waals surface area contributed by atoms with E-state index in [0.717, 1.165) is 5.56 Å². The number of hydrogen-bond donors (Lipinski definition) is 4. The van der Waals surface area contributed by atoms with Gasteiger partial charge < -0.3 is 22.3 Å². The van der Waals surface area contributed by atoms with Crippen molar-refractivity contribution >= 4 is 17.4 Å². The Labute approximate surface area is 121 Å². The number of phenols is 1. The van der Waals surface area contributed by atoms with E-state index in [4.69, 9.17) is 17.2 Å². The minimum absolute atomic E-state index is 0.0775. The molecule has 6 heteroatoms. The molecule has 0 unspecified atom stereocenters. The minimum Gasteiger partial charge on any atom is -0.508 e. The van der Waals surface area contributed by atoms with Gasteiger partial charge in [-0.3, -0.25) is 4.79 Å². The van der Waals surface area contributed by atoms with E-state index in [9.17, 15) is 9.90 Å². The molecule has 6 nitrogen and oxygen atoms in total. The number of phenolic OH excluding ortho intramolecular Hbond substituents is 1. The highest BCUT2D eigenvalue weighted by atomic mass is 16.3. The van der Waals surface area contributed by atoms with Crippen LogP contribution in [0.5, 0.6) is 5.75 Å². The van der Waals surface area contributed by atoms with Crippen LogP contribution in [0.4, 0.5) is 11.6 Å². The Morgan fingerprint density at radius 3 is 2.43 bits per heavy atom. The second-order valence-corrected chi connectivity index (χ2v) is 4.60. The van der Waals surface area contributed by atoms with Crippen molar-refractivity contribution in [2.24, 2.45) is 5.73 Å². The standard InChI is InChI=1S/C15H16N4O2/c16-10(7-9-1-3-11(20)4-2-9)8-13(21)12-5-6-14(17)19-15(12)18/h1-6,8,20H,7,16H2,(H4,17,18,19)/b10-8-. The lowest BCUT2D eigenvalue weighted by Crippen LogP contribution is -2.09. The summed E-state index contributed by atoms with van der Waals surface area (Å²) in [6.45, 7) is 0. The molecule has 0 spiro atoms. The molecule has 2 rings (SSSR count). The molecule has 21 heavy (non-hydrogen) atoms. The van der Waals surface area contributed by atoms with Gasteiger partial charge in [-0.25, -0.2) is 4.98 Å². The number of hydrogen-bond acceptors (Lipinski definition) is 6. The van der Waals surface area contributed by atoms with Gasteiger partial charge in [-0.1, -0.05) is 12.1 Å². The first kappa shape index (κ1) is 14.4. The molecular weight excluding hydrogens is 268 g/mol. The third kappa shape index (κ3) is 3.73. The summed E-state index contributed by atoms with van der Waals surface area (Å²) in [6.07, 6.45) is 1.71. The van der Waals surface area contributed by atoms with Crippen molar-refractivity contribution in [3.05, 3.63) is 59.3 Å². The van der Waals surface area contributed by atoms with Crippen LogP contribution in [0.1, 0.15) is 15.9 Å². The van der Waals surface area contributed by atoms with Crippen molar-refractivity contribution in [2.45, 2.75) is 6.42 Å². The quantitative estimate of drug-likeness (QED) is 0.493. The predicted octanol–water partition coefficient (Wildman–Crippen LogP) is 1.22. The van der Waals surface area contributed by atoms with E-state index in [1.165, 1.54) is 18.2 Å². The van der Waals surface area contributed by atoms with Gasteiger partial charge in [0.05, 0.1) is 5.56 Å². The average Bonchev–Trinajstić information content (AvgIpc) is 2.41. The lowest BCUT2D eigenvalue weighted by molar-refractivity contribution is 0.104. The number of aromatic hydroxyl groups is 1. The van der Waals surface area contributed by atoms with Crippen LogP contribution in [0, 0.1) is 0 Å². The maximum absolute atomic E-state index is 12.1. The first-order valence-corrected chi connectivity index (χ1v) is 6.26. The van der Waals surface area contributed by atoms with Crippen LogP contribution in [0.3, 0.4) is 0 Å². The zero-order chi connectivity index (χ0) is 15.4. The van der Waals surface area contributed by atoms with E-state index in [1.807, 2.05) is 0 Å². The van der Waals surface area contributed by atoms with Gasteiger partial charge in [0.1, 0.15) is 17.4 Å². The van der Waals surface area contributed by atoms with Crippen LogP contribution in [-0.2, 0) is 6.42 Å². The molecule has 7 N–H and O–H groups in total. The van der Waals surface area contributed by atoms with Gasteiger partial charge in [-0.05, 0) is 29.8 Å². The first-order chi connectivity index (χ1) is 9.95. The van der Waals surface area contributed by atoms with Crippen LogP contribution < -0.4 is 17.2 Å². The zero-order valence-electron chi connectivity index (χ0n) is 11.3. The summed E-state index contributed by atoms with van der Waals surface area (Å²) in [4.78, 5) is 15.9. The number of carbonyl (C=O) groups is 1. The SMILES string of the molecule is N/C(=C\C(=O)c1ccc(N)nc1N)Cc1ccc(O)cc1. The molecule has 0 aliphatic heterocycles. The number of anilines is 2. The Morgan fingerprint density at radius 2 is 1.81 bits per heavy atom. The number of nitrogens with zero attached hydrogens (tertiary/aromatic N) is 1. The number of aromatic nitrogens is 1. The molecule has 0 atom stereocenters. The van der Waals surface area contributed by atoms with Gasteiger partial charge in [0, 0.05) is 18.2 Å². The largest absolute Gasteiger partial charge is 0.508 e. The van der Waals surface area contributed by atoms with E-state index in [1.54, 1.807) is 24.3 Å². The average molecular weight is 284 g/mol. The fourth-order valence-corrected chi connectivity index (χ4v) is 1.85. The second-order valence-electron chi connectivity index (χ2n) is 4.60. The summed E-state index contributed by atoms with van der Waals surface area (Å²) in [7, 11) is 0. The maximum atomic E-state index is 12.1. The number of pyridine rings is 1. The molecule has 0 amide bonds. The monoisotopic (exact) mass is 284 g/mol. The minimum atomic E-state index is -0.323. The second kappa shape index (κ2) is 5.96. The molecule has 0 saturated heterocycles. The normalized spacial score (nSPS) is 11.3. The maximum Gasteiger partial charge on any atom is 0.191 e. The first-order valence-electron chi connectivity index (χ1n) is 6.26. The lowest BCUT2D eigenvalue weighted by Gasteiger charge is -2.04. The molecule has 1 aromatic heterocycles. The van der Waals surface area contributed by atoms with Crippen molar-refractivity contribution in [1.29, 1.82) is 0 Å². The highest BCUT2D eigenvalue weighted by Crippen LogP contribution is 2.15. The van der Waals surface area contributed by atoms with Gasteiger partial charge in [0.2, 0.25) is 0 Å². The third-order valence-corrected chi connectivity index (χ3v) is 2.87. The molecule has 0 aliphatic carbocycles. The third-order valence-electron chi connectivity index (χ3n) is 2.87. The van der Waals surface area contributed by atoms with Crippen molar-refractivity contribution in [3.63, 3.8) is 0 Å². The molecule has 108 valence electrons. The highest BCUT2D eigenvalue weighted by Gasteiger charge is 2.09. The van der Waals surface area contributed by atoms with Gasteiger partial charge in [-0.15, -0.1) is 0 Å². The lowest BCUT2D eigenvalue weighted by atomic mass is 10.1. The summed E-state index contributed by atoms with van der Waals surface area (Å²) in [6, 6.07) is 9.62. The van der Waals surface area contributed by atoms with Crippen molar-refractivity contribution in [2.75, 3.05) is 11.5 Å². The zero-order valence-corrected chi connectivity index (χ0v) is 11.3. The van der Waals surface area contributed by atoms with Gasteiger partial charge in [0.25, 0.3) is 0 Å². The van der Waals surface area contributed by atoms with E-state index >= 15 is 0 Å². The van der Waals surface area contributed by atoms with Gasteiger partial charge in [-0.2, -0.15) is 0 Å². The Morgan fingerprint density at radius 1 is 1.14 bits per heavy atom. The number of nitrogens with two attached hydrogens (primary N) is 3. The van der Waals surface area contributed by atoms with Crippen LogP contribution in [0.25, 0.3) is 0 Å². The number of allylic oxidation sites excluding steroid dienone is 2. The van der Waals surface area contributed by atoms with Crippen LogP contribution in [-0.4, -0.2) is 15.9 Å². The topological polar surface area (TPSA) is 128 Å². The van der Waals surface area contributed by atoms with E-state index < -0.39 is 0 Å². The summed E-state index contributed by atoms with van der Waals surface area (Å²) in [5.74, 6) is 0.188. The Hall–Kier alpha value is -3.02. The molecule has 0 saturated carbocycles. The Bertz CT molecular complexity index is 693. The fraction of sp³-hybridized carbons (Fsp3) is 0.0667. The molecule has 1 heterocycles. The van der Waals surface area contributed by atoms with E-state index in [-0.39, 0.29) is 28.7 Å². The number of ketones is 1. The van der Waals surface area contributed by atoms with Gasteiger partial charge in [0.15, 0.2) is 5.78 Å². The predicted molar refractivity (Wildman–Crippen MR) is 81.5 cm³/mol. The number of benzene rings is 1.